The van der Waals surface area contributed by atoms with Gasteiger partial charge in [-0.2, -0.15) is 0 Å². The van der Waals surface area contributed by atoms with E-state index < -0.39 is 0 Å². The summed E-state index contributed by atoms with van der Waals surface area (Å²) in [4.78, 5) is 14.1. The van der Waals surface area contributed by atoms with Gasteiger partial charge in [-0.05, 0) is 61.4 Å². The highest BCUT2D eigenvalue weighted by molar-refractivity contribution is 6.04. The number of carbonyl (C=O) groups is 1. The van der Waals surface area contributed by atoms with Crippen LogP contribution in [0.3, 0.4) is 0 Å². The summed E-state index contributed by atoms with van der Waals surface area (Å²) in [6.07, 6.45) is 0. The Hall–Kier alpha value is -2.95. The van der Waals surface area contributed by atoms with Gasteiger partial charge in [-0.1, -0.05) is 11.2 Å². The zero-order chi connectivity index (χ0) is 17.3. The third-order valence-corrected chi connectivity index (χ3v) is 4.04. The van der Waals surface area contributed by atoms with Crippen molar-refractivity contribution >= 4 is 11.6 Å². The SMILES string of the molecule is Cc1ccc(N(C)C(=O)c2cc(-c3ccc(F)cc3)on2)cc1C. The molecular weight excluding hydrogens is 307 g/mol. The average molecular weight is 324 g/mol. The van der Waals surface area contributed by atoms with Crippen LogP contribution in [0.5, 0.6) is 0 Å². The Kier molecular flexibility index (Phi) is 4.16. The highest BCUT2D eigenvalue weighted by Crippen LogP contribution is 2.23. The monoisotopic (exact) mass is 324 g/mol. The third kappa shape index (κ3) is 3.06. The lowest BCUT2D eigenvalue weighted by Crippen LogP contribution is -2.26. The molecular formula is C19H17FN2O2. The molecule has 0 aliphatic rings. The molecule has 24 heavy (non-hydrogen) atoms. The summed E-state index contributed by atoms with van der Waals surface area (Å²) >= 11 is 0. The second-order valence-corrected chi connectivity index (χ2v) is 5.72. The molecule has 0 radical (unpaired) electrons. The van der Waals surface area contributed by atoms with Gasteiger partial charge >= 0.3 is 0 Å². The predicted octanol–water partition coefficient (Wildman–Crippen LogP) is 4.37. The van der Waals surface area contributed by atoms with Crippen LogP contribution in [0.4, 0.5) is 10.1 Å². The Morgan fingerprint density at radius 3 is 2.42 bits per heavy atom. The van der Waals surface area contributed by atoms with Crippen LogP contribution in [0, 0.1) is 19.7 Å². The van der Waals surface area contributed by atoms with Gasteiger partial charge in [0.25, 0.3) is 5.91 Å². The zero-order valence-electron chi connectivity index (χ0n) is 13.7. The van der Waals surface area contributed by atoms with Crippen LogP contribution in [0.2, 0.25) is 0 Å². The van der Waals surface area contributed by atoms with Crippen molar-refractivity contribution in [2.45, 2.75) is 13.8 Å². The Morgan fingerprint density at radius 2 is 1.75 bits per heavy atom. The summed E-state index contributed by atoms with van der Waals surface area (Å²) < 4.78 is 18.2. The first-order valence-corrected chi connectivity index (χ1v) is 7.53. The van der Waals surface area contributed by atoms with E-state index in [9.17, 15) is 9.18 Å². The number of halogens is 1. The summed E-state index contributed by atoms with van der Waals surface area (Å²) in [6, 6.07) is 13.2. The lowest BCUT2D eigenvalue weighted by molar-refractivity contribution is 0.0984. The fourth-order valence-electron chi connectivity index (χ4n) is 2.35. The first-order chi connectivity index (χ1) is 11.5. The first kappa shape index (κ1) is 15.9. The van der Waals surface area contributed by atoms with E-state index in [1.165, 1.54) is 22.6 Å². The third-order valence-electron chi connectivity index (χ3n) is 4.04. The molecule has 1 aromatic heterocycles. The van der Waals surface area contributed by atoms with E-state index in [0.29, 0.717) is 11.3 Å². The van der Waals surface area contributed by atoms with Gasteiger partial charge in [-0.25, -0.2) is 4.39 Å². The minimum atomic E-state index is -0.330. The number of hydrogen-bond donors (Lipinski definition) is 0. The van der Waals surface area contributed by atoms with E-state index in [1.807, 2.05) is 32.0 Å². The number of aryl methyl sites for hydroxylation is 2. The standard InChI is InChI=1S/C19H17FN2O2/c1-12-4-9-16(10-13(12)2)22(3)19(23)17-11-18(24-21-17)14-5-7-15(20)8-6-14/h4-11H,1-3H3. The molecule has 5 heteroatoms. The average Bonchev–Trinajstić information content (AvgIpc) is 3.06. The Labute approximate surface area is 139 Å². The van der Waals surface area contributed by atoms with E-state index >= 15 is 0 Å². The van der Waals surface area contributed by atoms with E-state index in [2.05, 4.69) is 5.16 Å². The molecule has 1 amide bonds. The van der Waals surface area contributed by atoms with Crippen LogP contribution in [0.1, 0.15) is 21.6 Å². The second-order valence-electron chi connectivity index (χ2n) is 5.72. The van der Waals surface area contributed by atoms with Crippen molar-refractivity contribution < 1.29 is 13.7 Å². The number of hydrogen-bond acceptors (Lipinski definition) is 3. The molecule has 0 aliphatic carbocycles. The van der Waals surface area contributed by atoms with E-state index in [4.69, 9.17) is 4.52 Å². The number of anilines is 1. The van der Waals surface area contributed by atoms with Gasteiger partial charge in [-0.15, -0.1) is 0 Å². The summed E-state index contributed by atoms with van der Waals surface area (Å²) in [7, 11) is 1.69. The number of nitrogens with zero attached hydrogens (tertiary/aromatic N) is 2. The van der Waals surface area contributed by atoms with E-state index in [0.717, 1.165) is 11.3 Å². The number of benzene rings is 2. The molecule has 1 heterocycles. The number of amides is 1. The maximum Gasteiger partial charge on any atom is 0.280 e. The van der Waals surface area contributed by atoms with Crippen LogP contribution < -0.4 is 4.90 Å². The van der Waals surface area contributed by atoms with Crippen molar-refractivity contribution in [3.63, 3.8) is 0 Å². The molecule has 0 saturated carbocycles. The number of rotatable bonds is 3. The largest absolute Gasteiger partial charge is 0.355 e. The van der Waals surface area contributed by atoms with Crippen LogP contribution in [-0.2, 0) is 0 Å². The molecule has 0 N–H and O–H groups in total. The molecule has 122 valence electrons. The predicted molar refractivity (Wildman–Crippen MR) is 90.5 cm³/mol. The Balaban J connectivity index is 1.85. The van der Waals surface area contributed by atoms with Gasteiger partial charge < -0.3 is 9.42 Å². The lowest BCUT2D eigenvalue weighted by atomic mass is 10.1. The second kappa shape index (κ2) is 6.28. The van der Waals surface area contributed by atoms with Crippen molar-refractivity contribution in [3.8, 4) is 11.3 Å². The van der Waals surface area contributed by atoms with Crippen molar-refractivity contribution in [3.05, 3.63) is 71.2 Å². The fraction of sp³-hybridized carbons (Fsp3) is 0.158. The van der Waals surface area contributed by atoms with Gasteiger partial charge in [0, 0.05) is 24.4 Å². The van der Waals surface area contributed by atoms with Gasteiger partial charge in [0.1, 0.15) is 5.82 Å². The minimum absolute atomic E-state index is 0.204. The summed E-state index contributed by atoms with van der Waals surface area (Å²) in [6.45, 7) is 4.02. The van der Waals surface area contributed by atoms with Gasteiger partial charge in [0.2, 0.25) is 0 Å². The van der Waals surface area contributed by atoms with Crippen molar-refractivity contribution in [2.75, 3.05) is 11.9 Å². The fourth-order valence-corrected chi connectivity index (χ4v) is 2.35. The molecule has 3 aromatic rings. The van der Waals surface area contributed by atoms with Crippen molar-refractivity contribution in [1.82, 2.24) is 5.16 Å². The quantitative estimate of drug-likeness (QED) is 0.718. The summed E-state index contributed by atoms with van der Waals surface area (Å²) in [5.41, 5.74) is 3.93. The smallest absolute Gasteiger partial charge is 0.280 e. The van der Waals surface area contributed by atoms with Crippen molar-refractivity contribution in [1.29, 1.82) is 0 Å². The summed E-state index contributed by atoms with van der Waals surface area (Å²) in [5, 5.41) is 3.84. The minimum Gasteiger partial charge on any atom is -0.355 e. The first-order valence-electron chi connectivity index (χ1n) is 7.53. The molecule has 0 bridgehead atoms. The molecule has 0 spiro atoms. The van der Waals surface area contributed by atoms with Crippen molar-refractivity contribution in [2.24, 2.45) is 0 Å². The van der Waals surface area contributed by atoms with Gasteiger partial charge in [0.15, 0.2) is 11.5 Å². The lowest BCUT2D eigenvalue weighted by Gasteiger charge is -2.17. The summed E-state index contributed by atoms with van der Waals surface area (Å²) in [5.74, 6) is -0.175. The molecule has 0 aliphatic heterocycles. The highest BCUT2D eigenvalue weighted by atomic mass is 19.1. The van der Waals surface area contributed by atoms with E-state index in [-0.39, 0.29) is 17.4 Å². The number of aromatic nitrogens is 1. The molecule has 0 unspecified atom stereocenters. The Bertz CT molecular complexity index is 885. The topological polar surface area (TPSA) is 46.3 Å². The zero-order valence-corrected chi connectivity index (χ0v) is 13.7. The molecule has 2 aromatic carbocycles. The normalized spacial score (nSPS) is 10.7. The molecule has 0 saturated heterocycles. The molecule has 3 rings (SSSR count). The van der Waals surface area contributed by atoms with E-state index in [1.54, 1.807) is 25.2 Å². The van der Waals surface area contributed by atoms with Crippen LogP contribution in [0.25, 0.3) is 11.3 Å². The molecule has 0 fully saturated rings. The van der Waals surface area contributed by atoms with Crippen LogP contribution >= 0.6 is 0 Å². The van der Waals surface area contributed by atoms with Gasteiger partial charge in [0.05, 0.1) is 0 Å². The van der Waals surface area contributed by atoms with Crippen LogP contribution in [0.15, 0.2) is 53.1 Å². The Morgan fingerprint density at radius 1 is 1.04 bits per heavy atom. The molecule has 0 atom stereocenters. The highest BCUT2D eigenvalue weighted by Gasteiger charge is 2.19. The maximum atomic E-state index is 13.0. The molecule has 4 nitrogen and oxygen atoms in total. The number of carbonyl (C=O) groups excluding carboxylic acids is 1. The van der Waals surface area contributed by atoms with Gasteiger partial charge in [-0.3, -0.25) is 4.79 Å². The van der Waals surface area contributed by atoms with Crippen LogP contribution in [-0.4, -0.2) is 18.1 Å². The maximum absolute atomic E-state index is 13.0.